The largest absolute Gasteiger partial charge is 0.385 e. The van der Waals surface area contributed by atoms with Crippen LogP contribution in [0.4, 0.5) is 5.69 Å². The van der Waals surface area contributed by atoms with Gasteiger partial charge in [-0.1, -0.05) is 12.1 Å². The second kappa shape index (κ2) is 3.67. The van der Waals surface area contributed by atoms with Gasteiger partial charge in [0.05, 0.1) is 5.69 Å². The van der Waals surface area contributed by atoms with Crippen LogP contribution < -0.4 is 5.32 Å². The second-order valence-electron chi connectivity index (χ2n) is 4.28. The molecular formula is C13H15N3. The van der Waals surface area contributed by atoms with Crippen LogP contribution in [0.3, 0.4) is 0 Å². The predicted molar refractivity (Wildman–Crippen MR) is 65.5 cm³/mol. The molecule has 2 aromatic rings. The van der Waals surface area contributed by atoms with Gasteiger partial charge in [-0.25, -0.2) is 0 Å². The van der Waals surface area contributed by atoms with E-state index in [1.54, 1.807) is 0 Å². The van der Waals surface area contributed by atoms with E-state index in [2.05, 4.69) is 28.6 Å². The molecule has 0 fully saturated rings. The number of fused-ring (bicyclic) bond motifs is 1. The van der Waals surface area contributed by atoms with E-state index < -0.39 is 0 Å². The molecule has 1 aliphatic rings. The van der Waals surface area contributed by atoms with E-state index in [4.69, 9.17) is 0 Å². The molecule has 1 aliphatic heterocycles. The number of aromatic nitrogens is 2. The minimum Gasteiger partial charge on any atom is -0.385 e. The Kier molecular flexibility index (Phi) is 2.17. The zero-order valence-electron chi connectivity index (χ0n) is 9.40. The fraction of sp³-hybridized carbons (Fsp3) is 0.308. The van der Waals surface area contributed by atoms with Crippen LogP contribution in [0.15, 0.2) is 30.5 Å². The Morgan fingerprint density at radius 1 is 1.31 bits per heavy atom. The summed E-state index contributed by atoms with van der Waals surface area (Å²) in [6.45, 7) is 1.08. The monoisotopic (exact) mass is 213 g/mol. The molecule has 0 saturated heterocycles. The van der Waals surface area contributed by atoms with Crippen molar-refractivity contribution in [3.05, 3.63) is 36.0 Å². The molecule has 3 heteroatoms. The van der Waals surface area contributed by atoms with E-state index >= 15 is 0 Å². The molecule has 0 saturated carbocycles. The highest BCUT2D eigenvalue weighted by Gasteiger charge is 2.10. The number of anilines is 1. The van der Waals surface area contributed by atoms with Gasteiger partial charge >= 0.3 is 0 Å². The zero-order valence-corrected chi connectivity index (χ0v) is 9.40. The molecule has 1 N–H and O–H groups in total. The quantitative estimate of drug-likeness (QED) is 0.788. The van der Waals surface area contributed by atoms with Gasteiger partial charge in [-0.3, -0.25) is 4.68 Å². The van der Waals surface area contributed by atoms with E-state index in [0.717, 1.165) is 12.2 Å². The maximum Gasteiger partial charge on any atom is 0.0923 e. The Morgan fingerprint density at radius 2 is 2.25 bits per heavy atom. The summed E-state index contributed by atoms with van der Waals surface area (Å²) in [6, 6.07) is 8.63. The van der Waals surface area contributed by atoms with Gasteiger partial charge in [0.15, 0.2) is 0 Å². The molecule has 0 radical (unpaired) electrons. The molecule has 1 aromatic heterocycles. The topological polar surface area (TPSA) is 29.9 Å². The number of hydrogen-bond acceptors (Lipinski definition) is 2. The molecule has 0 aliphatic carbocycles. The lowest BCUT2D eigenvalue weighted by molar-refractivity contribution is 0.771. The van der Waals surface area contributed by atoms with Crippen LogP contribution in [0.25, 0.3) is 11.3 Å². The van der Waals surface area contributed by atoms with Crippen LogP contribution in [0.2, 0.25) is 0 Å². The second-order valence-corrected chi connectivity index (χ2v) is 4.28. The molecule has 0 spiro atoms. The average Bonchev–Trinajstić information content (AvgIpc) is 2.75. The van der Waals surface area contributed by atoms with E-state index in [-0.39, 0.29) is 0 Å². The molecule has 0 bridgehead atoms. The van der Waals surface area contributed by atoms with Crippen molar-refractivity contribution in [3.63, 3.8) is 0 Å². The molecule has 3 rings (SSSR count). The molecule has 16 heavy (non-hydrogen) atoms. The lowest BCUT2D eigenvalue weighted by Crippen LogP contribution is -2.11. The predicted octanol–water partition coefficient (Wildman–Crippen LogP) is 2.45. The summed E-state index contributed by atoms with van der Waals surface area (Å²) in [5.74, 6) is 0. The van der Waals surface area contributed by atoms with Gasteiger partial charge < -0.3 is 5.32 Å². The summed E-state index contributed by atoms with van der Waals surface area (Å²) in [7, 11) is 1.94. The molecule has 82 valence electrons. The van der Waals surface area contributed by atoms with Gasteiger partial charge in [0.2, 0.25) is 0 Å². The first kappa shape index (κ1) is 9.46. The van der Waals surface area contributed by atoms with E-state index in [9.17, 15) is 0 Å². The number of benzene rings is 1. The van der Waals surface area contributed by atoms with E-state index in [0.29, 0.717) is 0 Å². The SMILES string of the molecule is Cn1ccc(-c2ccc3c(c2)NCCC3)n1. The van der Waals surface area contributed by atoms with Crippen molar-refractivity contribution in [1.29, 1.82) is 0 Å². The molecule has 1 aromatic carbocycles. The van der Waals surface area contributed by atoms with Crippen LogP contribution in [-0.2, 0) is 13.5 Å². The number of nitrogens with zero attached hydrogens (tertiary/aromatic N) is 2. The lowest BCUT2D eigenvalue weighted by atomic mass is 10.0. The van der Waals surface area contributed by atoms with Gasteiger partial charge in [0, 0.05) is 31.0 Å². The summed E-state index contributed by atoms with van der Waals surface area (Å²) in [5.41, 5.74) is 4.92. The summed E-state index contributed by atoms with van der Waals surface area (Å²) >= 11 is 0. The Morgan fingerprint density at radius 3 is 3.06 bits per heavy atom. The highest BCUT2D eigenvalue weighted by molar-refractivity contribution is 5.68. The highest BCUT2D eigenvalue weighted by atomic mass is 15.2. The van der Waals surface area contributed by atoms with Crippen LogP contribution >= 0.6 is 0 Å². The molecule has 0 amide bonds. The van der Waals surface area contributed by atoms with Crippen molar-refractivity contribution in [3.8, 4) is 11.3 Å². The van der Waals surface area contributed by atoms with Crippen LogP contribution in [0.1, 0.15) is 12.0 Å². The third-order valence-electron chi connectivity index (χ3n) is 3.06. The third-order valence-corrected chi connectivity index (χ3v) is 3.06. The number of hydrogen-bond donors (Lipinski definition) is 1. The first-order valence-electron chi connectivity index (χ1n) is 5.70. The average molecular weight is 213 g/mol. The summed E-state index contributed by atoms with van der Waals surface area (Å²) in [5, 5.41) is 7.86. The zero-order chi connectivity index (χ0) is 11.0. The molecule has 2 heterocycles. The van der Waals surface area contributed by atoms with Gasteiger partial charge in [0.25, 0.3) is 0 Å². The fourth-order valence-corrected chi connectivity index (χ4v) is 2.19. The smallest absolute Gasteiger partial charge is 0.0923 e. The Balaban J connectivity index is 2.02. The summed E-state index contributed by atoms with van der Waals surface area (Å²) in [4.78, 5) is 0. The first-order chi connectivity index (χ1) is 7.83. The Bertz CT molecular complexity index is 514. The standard InChI is InChI=1S/C13H15N3/c1-16-8-6-12(15-16)11-5-4-10-3-2-7-14-13(10)9-11/h4-6,8-9,14H,2-3,7H2,1H3. The maximum absolute atomic E-state index is 4.42. The highest BCUT2D eigenvalue weighted by Crippen LogP contribution is 2.27. The molecule has 0 unspecified atom stereocenters. The van der Waals surface area contributed by atoms with Crippen LogP contribution in [0, 0.1) is 0 Å². The van der Waals surface area contributed by atoms with Crippen molar-refractivity contribution in [2.45, 2.75) is 12.8 Å². The number of aryl methyl sites for hydroxylation is 2. The molecule has 0 atom stereocenters. The van der Waals surface area contributed by atoms with Crippen LogP contribution in [-0.4, -0.2) is 16.3 Å². The molecular weight excluding hydrogens is 198 g/mol. The minimum absolute atomic E-state index is 1.04. The van der Waals surface area contributed by atoms with Gasteiger partial charge in [-0.2, -0.15) is 5.10 Å². The fourth-order valence-electron chi connectivity index (χ4n) is 2.19. The lowest BCUT2D eigenvalue weighted by Gasteiger charge is -2.18. The van der Waals surface area contributed by atoms with Crippen molar-refractivity contribution >= 4 is 5.69 Å². The van der Waals surface area contributed by atoms with Crippen molar-refractivity contribution in [1.82, 2.24) is 9.78 Å². The van der Waals surface area contributed by atoms with Crippen molar-refractivity contribution < 1.29 is 0 Å². The number of nitrogens with one attached hydrogen (secondary N) is 1. The van der Waals surface area contributed by atoms with Gasteiger partial charge in [-0.15, -0.1) is 0 Å². The third kappa shape index (κ3) is 1.58. The Hall–Kier alpha value is -1.77. The van der Waals surface area contributed by atoms with Gasteiger partial charge in [0.1, 0.15) is 0 Å². The Labute approximate surface area is 95.1 Å². The van der Waals surface area contributed by atoms with Crippen molar-refractivity contribution in [2.75, 3.05) is 11.9 Å². The van der Waals surface area contributed by atoms with Crippen LogP contribution in [0.5, 0.6) is 0 Å². The summed E-state index contributed by atoms with van der Waals surface area (Å²) in [6.07, 6.45) is 4.39. The normalized spacial score (nSPS) is 14.3. The molecule has 3 nitrogen and oxygen atoms in total. The van der Waals surface area contributed by atoms with E-state index in [1.807, 2.05) is 24.0 Å². The van der Waals surface area contributed by atoms with E-state index in [1.165, 1.54) is 29.7 Å². The van der Waals surface area contributed by atoms with Gasteiger partial charge in [-0.05, 0) is 30.5 Å². The summed E-state index contributed by atoms with van der Waals surface area (Å²) < 4.78 is 1.84. The van der Waals surface area contributed by atoms with Crippen molar-refractivity contribution in [2.24, 2.45) is 7.05 Å². The number of rotatable bonds is 1. The first-order valence-corrected chi connectivity index (χ1v) is 5.70. The maximum atomic E-state index is 4.42. The minimum atomic E-state index is 1.04.